The Morgan fingerprint density at radius 1 is 1.53 bits per heavy atom. The van der Waals surface area contributed by atoms with E-state index in [1.54, 1.807) is 10.9 Å². The highest BCUT2D eigenvalue weighted by Gasteiger charge is 2.25. The Hall–Kier alpha value is -1.32. The van der Waals surface area contributed by atoms with Crippen molar-refractivity contribution < 1.29 is 9.90 Å². The lowest BCUT2D eigenvalue weighted by atomic mass is 9.90. The largest absolute Gasteiger partial charge is 0.478 e. The van der Waals surface area contributed by atoms with E-state index in [0.29, 0.717) is 11.3 Å². The zero-order chi connectivity index (χ0) is 11.6. The fraction of sp³-hybridized carbons (Fsp3) is 0.636. The Morgan fingerprint density at radius 2 is 2.13 bits per heavy atom. The molecule has 0 aromatic carbocycles. The monoisotopic (exact) mass is 210 g/mol. The van der Waals surface area contributed by atoms with Crippen LogP contribution in [0.25, 0.3) is 0 Å². The molecule has 0 fully saturated rings. The van der Waals surface area contributed by atoms with Gasteiger partial charge in [-0.15, -0.1) is 0 Å². The second-order valence-corrected chi connectivity index (χ2v) is 4.71. The first-order chi connectivity index (χ1) is 6.86. The average molecular weight is 210 g/mol. The predicted octanol–water partition coefficient (Wildman–Crippen LogP) is 2.29. The number of aromatic carboxylic acids is 1. The van der Waals surface area contributed by atoms with Crippen LogP contribution in [0.3, 0.4) is 0 Å². The maximum absolute atomic E-state index is 11.0. The van der Waals surface area contributed by atoms with E-state index in [0.717, 1.165) is 13.0 Å². The lowest BCUT2D eigenvalue weighted by Gasteiger charge is -2.15. The molecule has 84 valence electrons. The minimum atomic E-state index is -0.901. The van der Waals surface area contributed by atoms with Gasteiger partial charge in [0.2, 0.25) is 0 Å². The van der Waals surface area contributed by atoms with Gasteiger partial charge in [0.15, 0.2) is 0 Å². The van der Waals surface area contributed by atoms with E-state index in [9.17, 15) is 4.79 Å². The molecule has 15 heavy (non-hydrogen) atoms. The number of nitrogens with zero attached hydrogens (tertiary/aromatic N) is 2. The minimum absolute atomic E-state index is 0.229. The maximum Gasteiger partial charge on any atom is 0.339 e. The predicted molar refractivity (Wildman–Crippen MR) is 58.2 cm³/mol. The number of carboxylic acid groups (broad SMARTS) is 1. The molecule has 0 unspecified atom stereocenters. The number of carboxylic acids is 1. The molecule has 1 heterocycles. The van der Waals surface area contributed by atoms with E-state index in [1.807, 2.05) is 27.7 Å². The first-order valence-electron chi connectivity index (χ1n) is 5.17. The third kappa shape index (κ3) is 2.58. The van der Waals surface area contributed by atoms with Crippen LogP contribution >= 0.6 is 0 Å². The van der Waals surface area contributed by atoms with Gasteiger partial charge >= 0.3 is 5.97 Å². The van der Waals surface area contributed by atoms with Gasteiger partial charge in [-0.3, -0.25) is 4.68 Å². The summed E-state index contributed by atoms with van der Waals surface area (Å²) in [6, 6.07) is 0. The van der Waals surface area contributed by atoms with Crippen LogP contribution in [-0.4, -0.2) is 20.9 Å². The molecule has 1 rings (SSSR count). The summed E-state index contributed by atoms with van der Waals surface area (Å²) in [7, 11) is 0. The van der Waals surface area contributed by atoms with Crippen molar-refractivity contribution in [2.75, 3.05) is 0 Å². The number of aryl methyl sites for hydroxylation is 1. The highest BCUT2D eigenvalue weighted by atomic mass is 16.4. The van der Waals surface area contributed by atoms with Crippen molar-refractivity contribution in [3.05, 3.63) is 17.5 Å². The molecule has 1 N–H and O–H groups in total. The molecule has 0 radical (unpaired) electrons. The van der Waals surface area contributed by atoms with E-state index < -0.39 is 5.97 Å². The van der Waals surface area contributed by atoms with E-state index in [4.69, 9.17) is 5.11 Å². The molecule has 0 spiro atoms. The van der Waals surface area contributed by atoms with Gasteiger partial charge in [0.05, 0.1) is 5.69 Å². The number of rotatable bonds is 3. The van der Waals surface area contributed by atoms with Crippen LogP contribution in [0.1, 0.15) is 50.2 Å². The van der Waals surface area contributed by atoms with E-state index in [2.05, 4.69) is 5.10 Å². The molecule has 1 aromatic heterocycles. The van der Waals surface area contributed by atoms with E-state index in [1.165, 1.54) is 0 Å². The summed E-state index contributed by atoms with van der Waals surface area (Å²) in [5.41, 5.74) is 0.742. The highest BCUT2D eigenvalue weighted by Crippen LogP contribution is 2.24. The smallest absolute Gasteiger partial charge is 0.339 e. The van der Waals surface area contributed by atoms with Crippen LogP contribution in [0.4, 0.5) is 0 Å². The van der Waals surface area contributed by atoms with Crippen LogP contribution in [0.2, 0.25) is 0 Å². The standard InChI is InChI=1S/C11H18N2O2/c1-5-6-13-7-8(10(14)15)9(12-13)11(2,3)4/h7H,5-6H2,1-4H3,(H,14,15). The zero-order valence-corrected chi connectivity index (χ0v) is 9.74. The van der Waals surface area contributed by atoms with Gasteiger partial charge in [-0.25, -0.2) is 4.79 Å². The Balaban J connectivity index is 3.18. The Morgan fingerprint density at radius 3 is 2.47 bits per heavy atom. The maximum atomic E-state index is 11.0. The zero-order valence-electron chi connectivity index (χ0n) is 9.74. The van der Waals surface area contributed by atoms with Gasteiger partial charge in [0, 0.05) is 18.2 Å². The molecular formula is C11H18N2O2. The summed E-state index contributed by atoms with van der Waals surface area (Å²) in [6.45, 7) is 8.71. The molecule has 1 aromatic rings. The Labute approximate surface area is 89.9 Å². The molecule has 4 nitrogen and oxygen atoms in total. The lowest BCUT2D eigenvalue weighted by Crippen LogP contribution is -2.16. The molecule has 4 heteroatoms. The summed E-state index contributed by atoms with van der Waals surface area (Å²) in [6.07, 6.45) is 2.57. The van der Waals surface area contributed by atoms with Crippen LogP contribution in [0.5, 0.6) is 0 Å². The topological polar surface area (TPSA) is 55.1 Å². The number of carbonyl (C=O) groups is 1. The molecule has 0 bridgehead atoms. The number of hydrogen-bond acceptors (Lipinski definition) is 2. The van der Waals surface area contributed by atoms with Gasteiger partial charge in [0.1, 0.15) is 5.56 Å². The quantitative estimate of drug-likeness (QED) is 0.832. The third-order valence-corrected chi connectivity index (χ3v) is 2.16. The summed E-state index contributed by atoms with van der Waals surface area (Å²) in [5.74, 6) is -0.901. The average Bonchev–Trinajstić information content (AvgIpc) is 2.48. The first-order valence-corrected chi connectivity index (χ1v) is 5.17. The van der Waals surface area contributed by atoms with Gasteiger partial charge in [-0.1, -0.05) is 27.7 Å². The summed E-state index contributed by atoms with van der Waals surface area (Å²) in [4.78, 5) is 11.0. The first kappa shape index (κ1) is 11.8. The Kier molecular flexibility index (Phi) is 3.17. The lowest BCUT2D eigenvalue weighted by molar-refractivity contribution is 0.0694. The molecule has 0 aliphatic carbocycles. The molecule has 0 amide bonds. The van der Waals surface area contributed by atoms with Crippen LogP contribution in [-0.2, 0) is 12.0 Å². The number of hydrogen-bond donors (Lipinski definition) is 1. The van der Waals surface area contributed by atoms with Crippen molar-refractivity contribution in [2.24, 2.45) is 0 Å². The third-order valence-electron chi connectivity index (χ3n) is 2.16. The summed E-state index contributed by atoms with van der Waals surface area (Å²) >= 11 is 0. The molecule has 0 aliphatic rings. The minimum Gasteiger partial charge on any atom is -0.478 e. The van der Waals surface area contributed by atoms with Crippen molar-refractivity contribution in [1.29, 1.82) is 0 Å². The fourth-order valence-corrected chi connectivity index (χ4v) is 1.48. The van der Waals surface area contributed by atoms with E-state index >= 15 is 0 Å². The summed E-state index contributed by atoms with van der Waals surface area (Å²) < 4.78 is 1.71. The Bertz CT molecular complexity index is 361. The highest BCUT2D eigenvalue weighted by molar-refractivity contribution is 5.89. The molecular weight excluding hydrogens is 192 g/mol. The van der Waals surface area contributed by atoms with Crippen molar-refractivity contribution >= 4 is 5.97 Å². The molecule has 0 atom stereocenters. The second-order valence-electron chi connectivity index (χ2n) is 4.71. The SMILES string of the molecule is CCCn1cc(C(=O)O)c(C(C)(C)C)n1. The van der Waals surface area contributed by atoms with Crippen molar-refractivity contribution in [1.82, 2.24) is 9.78 Å². The van der Waals surface area contributed by atoms with Crippen LogP contribution in [0.15, 0.2) is 6.20 Å². The van der Waals surface area contributed by atoms with Gasteiger partial charge in [-0.2, -0.15) is 5.10 Å². The molecule has 0 saturated heterocycles. The van der Waals surface area contributed by atoms with Gasteiger partial charge in [0.25, 0.3) is 0 Å². The van der Waals surface area contributed by atoms with Crippen molar-refractivity contribution in [3.63, 3.8) is 0 Å². The fourth-order valence-electron chi connectivity index (χ4n) is 1.48. The number of aromatic nitrogens is 2. The van der Waals surface area contributed by atoms with E-state index in [-0.39, 0.29) is 5.41 Å². The summed E-state index contributed by atoms with van der Waals surface area (Å²) in [5, 5.41) is 13.4. The van der Waals surface area contributed by atoms with Crippen LogP contribution < -0.4 is 0 Å². The van der Waals surface area contributed by atoms with Crippen LogP contribution in [0, 0.1) is 0 Å². The normalized spacial score (nSPS) is 11.7. The van der Waals surface area contributed by atoms with Gasteiger partial charge < -0.3 is 5.11 Å². The second kappa shape index (κ2) is 4.04. The molecule has 0 saturated carbocycles. The van der Waals surface area contributed by atoms with Crippen molar-refractivity contribution in [3.8, 4) is 0 Å². The molecule has 0 aliphatic heterocycles. The van der Waals surface area contributed by atoms with Crippen molar-refractivity contribution in [2.45, 2.75) is 46.1 Å². The van der Waals surface area contributed by atoms with Gasteiger partial charge in [-0.05, 0) is 6.42 Å².